The number of amides is 1. The van der Waals surface area contributed by atoms with E-state index in [-0.39, 0.29) is 11.5 Å². The lowest BCUT2D eigenvalue weighted by atomic mass is 9.76. The van der Waals surface area contributed by atoms with Gasteiger partial charge >= 0.3 is 0 Å². The quantitative estimate of drug-likeness (QED) is 0.818. The molecule has 0 aliphatic carbocycles. The van der Waals surface area contributed by atoms with Crippen molar-refractivity contribution in [3.8, 4) is 0 Å². The number of hydrogen-bond donors (Lipinski definition) is 1. The first-order valence-corrected chi connectivity index (χ1v) is 7.57. The maximum Gasteiger partial charge on any atom is 0.240 e. The average molecular weight is 252 g/mol. The van der Waals surface area contributed by atoms with E-state index in [4.69, 9.17) is 0 Å². The minimum atomic E-state index is 0.0319. The Balaban J connectivity index is 1.95. The van der Waals surface area contributed by atoms with Crippen LogP contribution in [0.3, 0.4) is 0 Å². The van der Waals surface area contributed by atoms with Crippen LogP contribution in [0.2, 0.25) is 0 Å². The Morgan fingerprint density at radius 2 is 2.00 bits per heavy atom. The standard InChI is InChI=1S/C15H28N2O/c1-4-12-6-10-17(11-7-12)14(18)13-15(2,3)8-5-9-16-13/h12-13,16H,4-11H2,1-3H3. The van der Waals surface area contributed by atoms with E-state index in [1.807, 2.05) is 0 Å². The van der Waals surface area contributed by atoms with Crippen molar-refractivity contribution in [1.29, 1.82) is 0 Å². The van der Waals surface area contributed by atoms with Crippen molar-refractivity contribution in [2.45, 2.75) is 58.9 Å². The number of hydrogen-bond acceptors (Lipinski definition) is 2. The molecular formula is C15H28N2O. The zero-order valence-corrected chi connectivity index (χ0v) is 12.2. The van der Waals surface area contributed by atoms with Gasteiger partial charge < -0.3 is 10.2 Å². The molecule has 1 atom stereocenters. The Morgan fingerprint density at radius 1 is 1.33 bits per heavy atom. The maximum absolute atomic E-state index is 12.6. The molecule has 0 aromatic rings. The fourth-order valence-corrected chi connectivity index (χ4v) is 3.38. The molecule has 2 heterocycles. The molecule has 0 saturated carbocycles. The maximum atomic E-state index is 12.6. The number of rotatable bonds is 2. The SMILES string of the molecule is CCC1CCN(C(=O)C2NCCCC2(C)C)CC1. The molecular weight excluding hydrogens is 224 g/mol. The number of nitrogens with one attached hydrogen (secondary N) is 1. The predicted molar refractivity (Wildman–Crippen MR) is 74.4 cm³/mol. The van der Waals surface area contributed by atoms with E-state index >= 15 is 0 Å². The summed E-state index contributed by atoms with van der Waals surface area (Å²) < 4.78 is 0. The molecule has 2 saturated heterocycles. The Kier molecular flexibility index (Phi) is 4.31. The molecule has 18 heavy (non-hydrogen) atoms. The topological polar surface area (TPSA) is 32.3 Å². The van der Waals surface area contributed by atoms with E-state index in [2.05, 4.69) is 31.0 Å². The van der Waals surface area contributed by atoms with Gasteiger partial charge in [-0.15, -0.1) is 0 Å². The van der Waals surface area contributed by atoms with E-state index in [1.165, 1.54) is 25.7 Å². The van der Waals surface area contributed by atoms with Crippen molar-refractivity contribution >= 4 is 5.91 Å². The van der Waals surface area contributed by atoms with Crippen LogP contribution < -0.4 is 5.32 Å². The van der Waals surface area contributed by atoms with Crippen molar-refractivity contribution in [3.05, 3.63) is 0 Å². The summed E-state index contributed by atoms with van der Waals surface area (Å²) in [5.41, 5.74) is 0.108. The van der Waals surface area contributed by atoms with Gasteiger partial charge in [0.15, 0.2) is 0 Å². The molecule has 104 valence electrons. The summed E-state index contributed by atoms with van der Waals surface area (Å²) in [6, 6.07) is 0.0319. The number of carbonyl (C=O) groups is 1. The summed E-state index contributed by atoms with van der Waals surface area (Å²) >= 11 is 0. The molecule has 0 aromatic heterocycles. The highest BCUT2D eigenvalue weighted by atomic mass is 16.2. The second-order valence-electron chi connectivity index (χ2n) is 6.66. The highest BCUT2D eigenvalue weighted by Gasteiger charge is 2.39. The van der Waals surface area contributed by atoms with Crippen LogP contribution >= 0.6 is 0 Å². The molecule has 0 radical (unpaired) electrons. The fraction of sp³-hybridized carbons (Fsp3) is 0.933. The highest BCUT2D eigenvalue weighted by molar-refractivity contribution is 5.83. The van der Waals surface area contributed by atoms with E-state index in [0.717, 1.165) is 32.0 Å². The van der Waals surface area contributed by atoms with Crippen LogP contribution in [0.4, 0.5) is 0 Å². The van der Waals surface area contributed by atoms with Gasteiger partial charge in [-0.3, -0.25) is 4.79 Å². The van der Waals surface area contributed by atoms with Gasteiger partial charge in [0, 0.05) is 13.1 Å². The van der Waals surface area contributed by atoms with Gasteiger partial charge in [-0.1, -0.05) is 27.2 Å². The Morgan fingerprint density at radius 3 is 2.56 bits per heavy atom. The Bertz CT molecular complexity index is 293. The van der Waals surface area contributed by atoms with Gasteiger partial charge in [-0.25, -0.2) is 0 Å². The molecule has 1 amide bonds. The summed E-state index contributed by atoms with van der Waals surface area (Å²) in [5, 5.41) is 3.44. The van der Waals surface area contributed by atoms with E-state index in [9.17, 15) is 4.79 Å². The summed E-state index contributed by atoms with van der Waals surface area (Å²) in [4.78, 5) is 14.7. The van der Waals surface area contributed by atoms with Crippen molar-refractivity contribution in [2.75, 3.05) is 19.6 Å². The predicted octanol–water partition coefficient (Wildman–Crippen LogP) is 2.41. The van der Waals surface area contributed by atoms with Gasteiger partial charge in [0.2, 0.25) is 5.91 Å². The third kappa shape index (κ3) is 2.87. The Labute approximate surface area is 111 Å². The molecule has 3 heteroatoms. The molecule has 2 rings (SSSR count). The zero-order valence-electron chi connectivity index (χ0n) is 12.2. The van der Waals surface area contributed by atoms with Crippen molar-refractivity contribution < 1.29 is 4.79 Å². The largest absolute Gasteiger partial charge is 0.341 e. The second kappa shape index (κ2) is 5.60. The van der Waals surface area contributed by atoms with Crippen LogP contribution in [-0.4, -0.2) is 36.5 Å². The minimum absolute atomic E-state index is 0.0319. The molecule has 1 N–H and O–H groups in total. The van der Waals surface area contributed by atoms with Crippen LogP contribution in [0.5, 0.6) is 0 Å². The second-order valence-corrected chi connectivity index (χ2v) is 6.66. The monoisotopic (exact) mass is 252 g/mol. The smallest absolute Gasteiger partial charge is 0.240 e. The summed E-state index contributed by atoms with van der Waals surface area (Å²) in [6.07, 6.45) is 5.98. The van der Waals surface area contributed by atoms with Crippen LogP contribution in [0.1, 0.15) is 52.9 Å². The normalized spacial score (nSPS) is 29.3. The third-order valence-electron chi connectivity index (χ3n) is 4.88. The summed E-state index contributed by atoms with van der Waals surface area (Å²) in [7, 11) is 0. The number of likely N-dealkylation sites (tertiary alicyclic amines) is 1. The van der Waals surface area contributed by atoms with E-state index in [1.54, 1.807) is 0 Å². The van der Waals surface area contributed by atoms with E-state index in [0.29, 0.717) is 5.91 Å². The first-order valence-electron chi connectivity index (χ1n) is 7.57. The molecule has 2 aliphatic rings. The van der Waals surface area contributed by atoms with Crippen molar-refractivity contribution in [3.63, 3.8) is 0 Å². The Hall–Kier alpha value is -0.570. The lowest BCUT2D eigenvalue weighted by Gasteiger charge is -2.42. The van der Waals surface area contributed by atoms with Gasteiger partial charge in [-0.2, -0.15) is 0 Å². The van der Waals surface area contributed by atoms with Gasteiger partial charge in [0.25, 0.3) is 0 Å². The van der Waals surface area contributed by atoms with Gasteiger partial charge in [0.05, 0.1) is 6.04 Å². The van der Waals surface area contributed by atoms with Crippen molar-refractivity contribution in [2.24, 2.45) is 11.3 Å². The molecule has 0 bridgehead atoms. The van der Waals surface area contributed by atoms with Crippen LogP contribution in [0, 0.1) is 11.3 Å². The molecule has 1 unspecified atom stereocenters. The van der Waals surface area contributed by atoms with Crippen LogP contribution in [0.15, 0.2) is 0 Å². The molecule has 2 fully saturated rings. The molecule has 0 spiro atoms. The lowest BCUT2D eigenvalue weighted by molar-refractivity contribution is -0.138. The van der Waals surface area contributed by atoms with Crippen molar-refractivity contribution in [1.82, 2.24) is 10.2 Å². The first-order chi connectivity index (χ1) is 8.54. The number of carbonyl (C=O) groups excluding carboxylic acids is 1. The third-order valence-corrected chi connectivity index (χ3v) is 4.88. The summed E-state index contributed by atoms with van der Waals surface area (Å²) in [6.45, 7) is 9.62. The minimum Gasteiger partial charge on any atom is -0.341 e. The molecule has 0 aromatic carbocycles. The number of nitrogens with zero attached hydrogens (tertiary/aromatic N) is 1. The first kappa shape index (κ1) is 13.9. The van der Waals surface area contributed by atoms with E-state index < -0.39 is 0 Å². The lowest BCUT2D eigenvalue weighted by Crippen LogP contribution is -2.57. The molecule has 2 aliphatic heterocycles. The molecule has 3 nitrogen and oxygen atoms in total. The fourth-order valence-electron chi connectivity index (χ4n) is 3.38. The van der Waals surface area contributed by atoms with Crippen LogP contribution in [0.25, 0.3) is 0 Å². The number of piperidine rings is 2. The highest BCUT2D eigenvalue weighted by Crippen LogP contribution is 2.32. The van der Waals surface area contributed by atoms with Gasteiger partial charge in [-0.05, 0) is 43.6 Å². The summed E-state index contributed by atoms with van der Waals surface area (Å²) in [5.74, 6) is 1.18. The van der Waals surface area contributed by atoms with Gasteiger partial charge in [0.1, 0.15) is 0 Å². The zero-order chi connectivity index (χ0) is 13.2. The average Bonchev–Trinajstić information content (AvgIpc) is 2.37. The van der Waals surface area contributed by atoms with Crippen LogP contribution in [-0.2, 0) is 4.79 Å².